The molecule has 0 spiro atoms. The van der Waals surface area contributed by atoms with Gasteiger partial charge in [-0.3, -0.25) is 9.59 Å². The predicted octanol–water partition coefficient (Wildman–Crippen LogP) is 4.82. The van der Waals surface area contributed by atoms with E-state index in [1.807, 2.05) is 0 Å². The van der Waals surface area contributed by atoms with Gasteiger partial charge >= 0.3 is 0 Å². The number of aromatic nitrogens is 2. The van der Waals surface area contributed by atoms with Crippen LogP contribution in [0.1, 0.15) is 19.4 Å². The van der Waals surface area contributed by atoms with Crippen LogP contribution in [0.2, 0.25) is 10.0 Å². The quantitative estimate of drug-likeness (QED) is 0.605. The Labute approximate surface area is 176 Å². The molecule has 1 amide bonds. The maximum absolute atomic E-state index is 14.4. The fourth-order valence-electron chi connectivity index (χ4n) is 2.68. The molecule has 0 radical (unpaired) electrons. The highest BCUT2D eigenvalue weighted by molar-refractivity contribution is 6.33. The van der Waals surface area contributed by atoms with E-state index in [2.05, 4.69) is 15.3 Å². The van der Waals surface area contributed by atoms with Crippen LogP contribution in [0.25, 0.3) is 22.6 Å². The number of nitrogens with one attached hydrogen (secondary N) is 2. The van der Waals surface area contributed by atoms with Gasteiger partial charge in [0.2, 0.25) is 5.91 Å². The first kappa shape index (κ1) is 21.0. The maximum atomic E-state index is 14.4. The number of H-pyrrole nitrogens is 1. The maximum Gasteiger partial charge on any atom is 0.251 e. The fraction of sp³-hybridized carbons (Fsp3) is 0.190. The second-order valence-corrected chi connectivity index (χ2v) is 7.58. The molecule has 0 saturated carbocycles. The van der Waals surface area contributed by atoms with E-state index < -0.39 is 11.4 Å². The lowest BCUT2D eigenvalue weighted by molar-refractivity contribution is -0.124. The molecule has 0 atom stereocenters. The Bertz CT molecular complexity index is 1130. The van der Waals surface area contributed by atoms with Crippen LogP contribution in [0.5, 0.6) is 0 Å². The normalized spacial score (nSPS) is 11.0. The highest BCUT2D eigenvalue weighted by Gasteiger charge is 2.15. The molecule has 5 nitrogen and oxygen atoms in total. The topological polar surface area (TPSA) is 74.8 Å². The number of hydrogen-bond donors (Lipinski definition) is 2. The molecule has 0 aliphatic rings. The second-order valence-electron chi connectivity index (χ2n) is 6.77. The Morgan fingerprint density at radius 1 is 1.14 bits per heavy atom. The van der Waals surface area contributed by atoms with Gasteiger partial charge in [0.25, 0.3) is 5.56 Å². The number of nitrogens with zero attached hydrogens (tertiary/aromatic N) is 1. The number of amides is 1. The van der Waals surface area contributed by atoms with Crippen molar-refractivity contribution in [2.45, 2.75) is 20.4 Å². The lowest BCUT2D eigenvalue weighted by Gasteiger charge is -2.11. The Hall–Kier alpha value is -2.70. The molecule has 1 heterocycles. The van der Waals surface area contributed by atoms with E-state index in [1.54, 1.807) is 38.1 Å². The second kappa shape index (κ2) is 8.76. The van der Waals surface area contributed by atoms with Crippen LogP contribution in [0.15, 0.2) is 47.3 Å². The number of carbonyl (C=O) groups excluding carboxylic acids is 1. The average molecular weight is 434 g/mol. The molecule has 0 unspecified atom stereocenters. The molecule has 2 N–H and O–H groups in total. The van der Waals surface area contributed by atoms with Crippen molar-refractivity contribution in [1.29, 1.82) is 0 Å². The van der Waals surface area contributed by atoms with Gasteiger partial charge < -0.3 is 10.3 Å². The lowest BCUT2D eigenvalue weighted by Crippen LogP contribution is -2.27. The number of aromatic amines is 1. The van der Waals surface area contributed by atoms with Gasteiger partial charge in [-0.15, -0.1) is 0 Å². The van der Waals surface area contributed by atoms with E-state index in [-0.39, 0.29) is 33.9 Å². The average Bonchev–Trinajstić information content (AvgIpc) is 2.68. The van der Waals surface area contributed by atoms with Crippen LogP contribution in [0.4, 0.5) is 4.39 Å². The molecule has 3 rings (SSSR count). The summed E-state index contributed by atoms with van der Waals surface area (Å²) in [6.45, 7) is 3.91. The summed E-state index contributed by atoms with van der Waals surface area (Å²) in [4.78, 5) is 31.0. The van der Waals surface area contributed by atoms with E-state index in [1.165, 1.54) is 18.2 Å². The highest BCUT2D eigenvalue weighted by atomic mass is 35.5. The monoisotopic (exact) mass is 433 g/mol. The van der Waals surface area contributed by atoms with Crippen molar-refractivity contribution < 1.29 is 9.18 Å². The molecule has 2 aromatic carbocycles. The van der Waals surface area contributed by atoms with Gasteiger partial charge in [0.05, 0.1) is 15.7 Å². The standard InChI is InChI=1S/C21H18Cl2FN3O2/c1-11(2)21(29)25-10-12-6-7-15(22)14(8-12)20-26-17(9-18(28)27-20)13-4-3-5-16(23)19(13)24/h3-9,11H,10H2,1-2H3,(H,25,29)(H,26,27,28). The third kappa shape index (κ3) is 4.83. The Balaban J connectivity index is 2.01. The van der Waals surface area contributed by atoms with Crippen molar-refractivity contribution in [3.63, 3.8) is 0 Å². The molecular formula is C21H18Cl2FN3O2. The summed E-state index contributed by atoms with van der Waals surface area (Å²) in [5, 5.41) is 3.11. The van der Waals surface area contributed by atoms with Gasteiger partial charge in [-0.25, -0.2) is 9.37 Å². The molecule has 0 fully saturated rings. The van der Waals surface area contributed by atoms with Gasteiger partial charge in [0.15, 0.2) is 5.82 Å². The number of hydrogen-bond acceptors (Lipinski definition) is 3. The zero-order valence-corrected chi connectivity index (χ0v) is 17.2. The Morgan fingerprint density at radius 2 is 1.90 bits per heavy atom. The van der Waals surface area contributed by atoms with Gasteiger partial charge in [0, 0.05) is 29.7 Å². The summed E-state index contributed by atoms with van der Waals surface area (Å²) >= 11 is 12.2. The third-order valence-corrected chi connectivity index (χ3v) is 4.87. The zero-order chi connectivity index (χ0) is 21.1. The van der Waals surface area contributed by atoms with Crippen molar-refractivity contribution in [3.8, 4) is 22.6 Å². The number of rotatable bonds is 5. The summed E-state index contributed by atoms with van der Waals surface area (Å²) in [6, 6.07) is 10.8. The van der Waals surface area contributed by atoms with Gasteiger partial charge in [-0.05, 0) is 29.8 Å². The van der Waals surface area contributed by atoms with Crippen LogP contribution < -0.4 is 10.9 Å². The molecule has 3 aromatic rings. The van der Waals surface area contributed by atoms with Crippen LogP contribution in [0, 0.1) is 11.7 Å². The van der Waals surface area contributed by atoms with Crippen molar-refractivity contribution in [1.82, 2.24) is 15.3 Å². The minimum absolute atomic E-state index is 0.0629. The molecule has 0 bridgehead atoms. The van der Waals surface area contributed by atoms with Gasteiger partial charge in [-0.1, -0.05) is 49.2 Å². The summed E-state index contributed by atoms with van der Waals surface area (Å²) < 4.78 is 14.4. The van der Waals surface area contributed by atoms with E-state index in [0.717, 1.165) is 5.56 Å². The Kier molecular flexibility index (Phi) is 6.35. The van der Waals surface area contributed by atoms with Crippen LogP contribution >= 0.6 is 23.2 Å². The SMILES string of the molecule is CC(C)C(=O)NCc1ccc(Cl)c(-c2nc(-c3cccc(Cl)c3F)cc(=O)[nH]2)c1. The van der Waals surface area contributed by atoms with E-state index >= 15 is 0 Å². The minimum atomic E-state index is -0.658. The third-order valence-electron chi connectivity index (χ3n) is 4.25. The molecule has 29 heavy (non-hydrogen) atoms. The molecule has 8 heteroatoms. The fourth-order valence-corrected chi connectivity index (χ4v) is 3.06. The molecule has 0 aliphatic carbocycles. The highest BCUT2D eigenvalue weighted by Crippen LogP contribution is 2.29. The first-order chi connectivity index (χ1) is 13.8. The van der Waals surface area contributed by atoms with Crippen molar-refractivity contribution in [2.75, 3.05) is 0 Å². The largest absolute Gasteiger partial charge is 0.352 e. The first-order valence-corrected chi connectivity index (χ1v) is 9.64. The van der Waals surface area contributed by atoms with Crippen molar-refractivity contribution >= 4 is 29.1 Å². The minimum Gasteiger partial charge on any atom is -0.352 e. The number of carbonyl (C=O) groups is 1. The van der Waals surface area contributed by atoms with Crippen molar-refractivity contribution in [3.05, 3.63) is 74.2 Å². The number of benzene rings is 2. The van der Waals surface area contributed by atoms with E-state index in [4.69, 9.17) is 23.2 Å². The van der Waals surface area contributed by atoms with Gasteiger partial charge in [0.1, 0.15) is 5.82 Å². The van der Waals surface area contributed by atoms with Gasteiger partial charge in [-0.2, -0.15) is 0 Å². The molecule has 150 valence electrons. The van der Waals surface area contributed by atoms with E-state index in [9.17, 15) is 14.0 Å². The van der Waals surface area contributed by atoms with E-state index in [0.29, 0.717) is 17.1 Å². The first-order valence-electron chi connectivity index (χ1n) is 8.88. The summed E-state index contributed by atoms with van der Waals surface area (Å²) in [7, 11) is 0. The molecule has 0 saturated heterocycles. The summed E-state index contributed by atoms with van der Waals surface area (Å²) in [5.41, 5.74) is 1.03. The van der Waals surface area contributed by atoms with Crippen LogP contribution in [-0.2, 0) is 11.3 Å². The van der Waals surface area contributed by atoms with Crippen molar-refractivity contribution in [2.24, 2.45) is 5.92 Å². The molecular weight excluding hydrogens is 416 g/mol. The summed E-state index contributed by atoms with van der Waals surface area (Å²) in [5.74, 6) is -0.682. The summed E-state index contributed by atoms with van der Waals surface area (Å²) in [6.07, 6.45) is 0. The molecule has 0 aliphatic heterocycles. The lowest BCUT2D eigenvalue weighted by atomic mass is 10.1. The predicted molar refractivity (Wildman–Crippen MR) is 112 cm³/mol. The Morgan fingerprint density at radius 3 is 2.62 bits per heavy atom. The smallest absolute Gasteiger partial charge is 0.251 e. The zero-order valence-electron chi connectivity index (χ0n) is 15.7. The van der Waals surface area contributed by atoms with Crippen LogP contribution in [0.3, 0.4) is 0 Å². The molecule has 1 aromatic heterocycles. The number of halogens is 3. The van der Waals surface area contributed by atoms with Crippen LogP contribution in [-0.4, -0.2) is 15.9 Å².